The van der Waals surface area contributed by atoms with E-state index in [4.69, 9.17) is 4.52 Å². The normalized spacial score (nSPS) is 21.7. The van der Waals surface area contributed by atoms with Gasteiger partial charge in [-0.05, 0) is 27.3 Å². The van der Waals surface area contributed by atoms with Crippen LogP contribution in [-0.4, -0.2) is 59.6 Å². The van der Waals surface area contributed by atoms with Crippen molar-refractivity contribution in [2.75, 3.05) is 32.0 Å². The number of rotatable bonds is 6. The highest BCUT2D eigenvalue weighted by atomic mass is 16.5. The van der Waals surface area contributed by atoms with E-state index in [0.717, 1.165) is 38.9 Å². The molecule has 1 aliphatic rings. The second kappa shape index (κ2) is 7.74. The van der Waals surface area contributed by atoms with E-state index in [1.807, 2.05) is 6.92 Å². The Balaban J connectivity index is 2.05. The second-order valence-corrected chi connectivity index (χ2v) is 6.32. The summed E-state index contributed by atoms with van der Waals surface area (Å²) in [6.45, 7) is 9.10. The van der Waals surface area contributed by atoms with Gasteiger partial charge < -0.3 is 14.7 Å². The third kappa shape index (κ3) is 4.30. The number of amides is 1. The summed E-state index contributed by atoms with van der Waals surface area (Å²) in [7, 11) is 2.13. The van der Waals surface area contributed by atoms with Gasteiger partial charge in [0.2, 0.25) is 5.91 Å². The standard InChI is InChI=1S/C16H28N4O2/c1-5-6-7-14(20-9-8-19(4)11-12(20)2)16(21)17-15-10-13(3)22-18-15/h10,12,14H,5-9,11H2,1-4H3,(H,17,18,21)/t12-,14+/m1/s1. The Morgan fingerprint density at radius 1 is 1.55 bits per heavy atom. The topological polar surface area (TPSA) is 61.6 Å². The van der Waals surface area contributed by atoms with Crippen LogP contribution in [-0.2, 0) is 4.79 Å². The molecule has 6 nitrogen and oxygen atoms in total. The number of likely N-dealkylation sites (N-methyl/N-ethyl adjacent to an activating group) is 1. The van der Waals surface area contributed by atoms with Gasteiger partial charge >= 0.3 is 0 Å². The fraction of sp³-hybridized carbons (Fsp3) is 0.750. The monoisotopic (exact) mass is 308 g/mol. The highest BCUT2D eigenvalue weighted by Crippen LogP contribution is 2.18. The summed E-state index contributed by atoms with van der Waals surface area (Å²) < 4.78 is 5.02. The van der Waals surface area contributed by atoms with Gasteiger partial charge in [0.15, 0.2) is 5.82 Å². The van der Waals surface area contributed by atoms with Crippen molar-refractivity contribution in [3.63, 3.8) is 0 Å². The van der Waals surface area contributed by atoms with Gasteiger partial charge in [0.25, 0.3) is 0 Å². The van der Waals surface area contributed by atoms with Gasteiger partial charge in [-0.3, -0.25) is 9.69 Å². The molecule has 1 fully saturated rings. The molecular formula is C16H28N4O2. The van der Waals surface area contributed by atoms with Gasteiger partial charge in [-0.2, -0.15) is 0 Å². The molecule has 2 rings (SSSR count). The SMILES string of the molecule is CCCC[C@@H](C(=O)Nc1cc(C)on1)N1CCN(C)C[C@H]1C. The first-order chi connectivity index (χ1) is 10.5. The van der Waals surface area contributed by atoms with Crippen LogP contribution in [0.15, 0.2) is 10.6 Å². The molecule has 0 saturated carbocycles. The molecule has 1 aromatic rings. The molecule has 1 amide bonds. The smallest absolute Gasteiger partial charge is 0.242 e. The van der Waals surface area contributed by atoms with Gasteiger partial charge in [-0.25, -0.2) is 0 Å². The third-order valence-electron chi connectivity index (χ3n) is 4.30. The van der Waals surface area contributed by atoms with Crippen molar-refractivity contribution >= 4 is 11.7 Å². The molecule has 1 aliphatic heterocycles. The Kier molecular flexibility index (Phi) is 5.97. The number of carbonyl (C=O) groups is 1. The van der Waals surface area contributed by atoms with E-state index in [1.54, 1.807) is 6.07 Å². The molecular weight excluding hydrogens is 280 g/mol. The molecule has 124 valence electrons. The summed E-state index contributed by atoms with van der Waals surface area (Å²) >= 11 is 0. The van der Waals surface area contributed by atoms with Gasteiger partial charge in [0, 0.05) is 31.7 Å². The van der Waals surface area contributed by atoms with Crippen molar-refractivity contribution in [3.05, 3.63) is 11.8 Å². The molecule has 0 aromatic carbocycles. The second-order valence-electron chi connectivity index (χ2n) is 6.32. The van der Waals surface area contributed by atoms with Gasteiger partial charge in [-0.1, -0.05) is 24.9 Å². The highest BCUT2D eigenvalue weighted by molar-refractivity contribution is 5.94. The van der Waals surface area contributed by atoms with Crippen LogP contribution in [0.5, 0.6) is 0 Å². The highest BCUT2D eigenvalue weighted by Gasteiger charge is 2.32. The molecule has 1 saturated heterocycles. The van der Waals surface area contributed by atoms with Crippen molar-refractivity contribution in [2.45, 2.75) is 52.1 Å². The lowest BCUT2D eigenvalue weighted by molar-refractivity contribution is -0.123. The summed E-state index contributed by atoms with van der Waals surface area (Å²) in [5, 5.41) is 6.76. The first-order valence-electron chi connectivity index (χ1n) is 8.19. The van der Waals surface area contributed by atoms with Crippen LogP contribution in [0.4, 0.5) is 5.82 Å². The lowest BCUT2D eigenvalue weighted by atomic mass is 10.0. The van der Waals surface area contributed by atoms with Gasteiger partial charge in [-0.15, -0.1) is 0 Å². The van der Waals surface area contributed by atoms with E-state index in [-0.39, 0.29) is 11.9 Å². The fourth-order valence-corrected chi connectivity index (χ4v) is 3.10. The number of anilines is 1. The molecule has 2 heterocycles. The number of aromatic nitrogens is 1. The zero-order chi connectivity index (χ0) is 16.1. The predicted molar refractivity (Wildman–Crippen MR) is 86.8 cm³/mol. The number of unbranched alkanes of at least 4 members (excludes halogenated alkanes) is 1. The predicted octanol–water partition coefficient (Wildman–Crippen LogP) is 2.12. The Morgan fingerprint density at radius 3 is 2.91 bits per heavy atom. The van der Waals surface area contributed by atoms with Crippen molar-refractivity contribution in [2.24, 2.45) is 0 Å². The average Bonchev–Trinajstić information content (AvgIpc) is 2.86. The molecule has 0 aliphatic carbocycles. The number of hydrogen-bond acceptors (Lipinski definition) is 5. The molecule has 0 spiro atoms. The maximum atomic E-state index is 12.7. The summed E-state index contributed by atoms with van der Waals surface area (Å²) in [5.41, 5.74) is 0. The number of hydrogen-bond donors (Lipinski definition) is 1. The molecule has 0 unspecified atom stereocenters. The molecule has 2 atom stereocenters. The lowest BCUT2D eigenvalue weighted by Gasteiger charge is -2.42. The average molecular weight is 308 g/mol. The minimum Gasteiger partial charge on any atom is -0.360 e. The fourth-order valence-electron chi connectivity index (χ4n) is 3.10. The van der Waals surface area contributed by atoms with Crippen LogP contribution in [0.3, 0.4) is 0 Å². The summed E-state index contributed by atoms with van der Waals surface area (Å²) in [5.74, 6) is 1.23. The van der Waals surface area contributed by atoms with E-state index >= 15 is 0 Å². The Morgan fingerprint density at radius 2 is 2.32 bits per heavy atom. The van der Waals surface area contributed by atoms with Crippen molar-refractivity contribution < 1.29 is 9.32 Å². The van der Waals surface area contributed by atoms with Crippen LogP contribution in [0.25, 0.3) is 0 Å². The van der Waals surface area contributed by atoms with Crippen LogP contribution in [0, 0.1) is 6.92 Å². The van der Waals surface area contributed by atoms with Crippen LogP contribution < -0.4 is 5.32 Å². The number of nitrogens with one attached hydrogen (secondary N) is 1. The molecule has 0 bridgehead atoms. The third-order valence-corrected chi connectivity index (χ3v) is 4.30. The van der Waals surface area contributed by atoms with Crippen molar-refractivity contribution in [1.29, 1.82) is 0 Å². The van der Waals surface area contributed by atoms with Crippen LogP contribution in [0.1, 0.15) is 38.9 Å². The van der Waals surface area contributed by atoms with Crippen LogP contribution >= 0.6 is 0 Å². The minimum atomic E-state index is -0.0966. The summed E-state index contributed by atoms with van der Waals surface area (Å²) in [4.78, 5) is 17.4. The molecule has 1 N–H and O–H groups in total. The molecule has 6 heteroatoms. The molecule has 22 heavy (non-hydrogen) atoms. The Bertz CT molecular complexity index is 488. The number of piperazine rings is 1. The first-order valence-corrected chi connectivity index (χ1v) is 8.19. The zero-order valence-electron chi connectivity index (χ0n) is 14.1. The number of aryl methyl sites for hydroxylation is 1. The van der Waals surface area contributed by atoms with E-state index in [1.165, 1.54) is 0 Å². The Labute approximate surface area is 132 Å². The molecule has 0 radical (unpaired) electrons. The zero-order valence-corrected chi connectivity index (χ0v) is 14.1. The van der Waals surface area contributed by atoms with Crippen LogP contribution in [0.2, 0.25) is 0 Å². The minimum absolute atomic E-state index is 0.0261. The number of carbonyl (C=O) groups excluding carboxylic acids is 1. The summed E-state index contributed by atoms with van der Waals surface area (Å²) in [6, 6.07) is 2.04. The molecule has 1 aromatic heterocycles. The van der Waals surface area contributed by atoms with Crippen molar-refractivity contribution in [3.8, 4) is 0 Å². The summed E-state index contributed by atoms with van der Waals surface area (Å²) in [6.07, 6.45) is 3.02. The van der Waals surface area contributed by atoms with E-state index in [0.29, 0.717) is 17.6 Å². The Hall–Kier alpha value is -1.40. The quantitative estimate of drug-likeness (QED) is 0.872. The van der Waals surface area contributed by atoms with Gasteiger partial charge in [0.1, 0.15) is 5.76 Å². The van der Waals surface area contributed by atoms with E-state index in [2.05, 4.69) is 41.2 Å². The maximum Gasteiger partial charge on any atom is 0.242 e. The first kappa shape index (κ1) is 17.0. The van der Waals surface area contributed by atoms with Crippen molar-refractivity contribution in [1.82, 2.24) is 15.0 Å². The van der Waals surface area contributed by atoms with E-state index in [9.17, 15) is 4.79 Å². The van der Waals surface area contributed by atoms with Gasteiger partial charge in [0.05, 0.1) is 6.04 Å². The lowest BCUT2D eigenvalue weighted by Crippen LogP contribution is -2.57. The number of nitrogens with zero attached hydrogens (tertiary/aromatic N) is 3. The largest absolute Gasteiger partial charge is 0.360 e. The maximum absolute atomic E-state index is 12.7. The van der Waals surface area contributed by atoms with E-state index < -0.39 is 0 Å².